The topological polar surface area (TPSA) is 92.4 Å². The van der Waals surface area contributed by atoms with Crippen molar-refractivity contribution in [2.24, 2.45) is 0 Å². The summed E-state index contributed by atoms with van der Waals surface area (Å²) in [4.78, 5) is 27.9. The molecule has 3 rings (SSSR count). The molecule has 0 aliphatic carbocycles. The highest BCUT2D eigenvalue weighted by molar-refractivity contribution is 6.30. The largest absolute Gasteiger partial charge is 0.506 e. The van der Waals surface area contributed by atoms with Gasteiger partial charge in [-0.15, -0.1) is 0 Å². The fourth-order valence-electron chi connectivity index (χ4n) is 2.38. The number of aromatic carboxylic acids is 1. The van der Waals surface area contributed by atoms with Crippen LogP contribution < -0.4 is 5.56 Å². The smallest absolute Gasteiger partial charge is 0.345 e. The van der Waals surface area contributed by atoms with Crippen molar-refractivity contribution >= 4 is 28.6 Å². The van der Waals surface area contributed by atoms with E-state index in [-0.39, 0.29) is 17.6 Å². The minimum Gasteiger partial charge on any atom is -0.506 e. The van der Waals surface area contributed by atoms with Gasteiger partial charge in [-0.1, -0.05) is 23.7 Å². The number of carbonyl (C=O) groups is 1. The number of rotatable bonds is 3. The van der Waals surface area contributed by atoms with E-state index in [0.29, 0.717) is 5.02 Å². The molecular formula is C16H11ClN2O4. The summed E-state index contributed by atoms with van der Waals surface area (Å²) in [5.74, 6) is -2.05. The van der Waals surface area contributed by atoms with Crippen LogP contribution >= 0.6 is 11.6 Å². The van der Waals surface area contributed by atoms with Crippen LogP contribution in [-0.4, -0.2) is 25.7 Å². The quantitative estimate of drug-likeness (QED) is 0.769. The molecule has 0 aliphatic rings. The lowest BCUT2D eigenvalue weighted by Gasteiger charge is -2.12. The molecule has 0 bridgehead atoms. The van der Waals surface area contributed by atoms with E-state index in [1.54, 1.807) is 30.3 Å². The molecule has 7 heteroatoms. The van der Waals surface area contributed by atoms with Crippen LogP contribution in [0.2, 0.25) is 5.02 Å². The average Bonchev–Trinajstić information content (AvgIpc) is 2.53. The molecule has 0 saturated heterocycles. The summed E-state index contributed by atoms with van der Waals surface area (Å²) in [5, 5.41) is 20.1. The van der Waals surface area contributed by atoms with Gasteiger partial charge in [0.25, 0.3) is 5.56 Å². The van der Waals surface area contributed by atoms with Crippen LogP contribution in [0.1, 0.15) is 15.9 Å². The third-order valence-corrected chi connectivity index (χ3v) is 3.71. The van der Waals surface area contributed by atoms with E-state index in [1.165, 1.54) is 16.8 Å². The number of halogens is 1. The van der Waals surface area contributed by atoms with Gasteiger partial charge in [-0.2, -0.15) is 0 Å². The minimum absolute atomic E-state index is 0.115. The molecule has 0 spiro atoms. The molecule has 1 aromatic carbocycles. The van der Waals surface area contributed by atoms with Crippen molar-refractivity contribution in [1.29, 1.82) is 0 Å². The molecule has 0 unspecified atom stereocenters. The molecule has 116 valence electrons. The Morgan fingerprint density at radius 3 is 2.57 bits per heavy atom. The average molecular weight is 331 g/mol. The molecular weight excluding hydrogens is 320 g/mol. The first-order valence-electron chi connectivity index (χ1n) is 6.67. The highest BCUT2D eigenvalue weighted by Gasteiger charge is 2.22. The van der Waals surface area contributed by atoms with Crippen molar-refractivity contribution in [2.45, 2.75) is 6.54 Å². The molecule has 2 aromatic heterocycles. The number of carboxylic acids is 1. The molecule has 0 atom stereocenters. The van der Waals surface area contributed by atoms with Crippen molar-refractivity contribution in [2.75, 3.05) is 0 Å². The van der Waals surface area contributed by atoms with E-state index in [9.17, 15) is 19.8 Å². The van der Waals surface area contributed by atoms with Gasteiger partial charge in [-0.3, -0.25) is 9.36 Å². The fourth-order valence-corrected chi connectivity index (χ4v) is 2.50. The van der Waals surface area contributed by atoms with Gasteiger partial charge in [0.15, 0.2) is 5.56 Å². The number of fused-ring (bicyclic) bond motifs is 1. The third-order valence-electron chi connectivity index (χ3n) is 3.46. The first-order valence-corrected chi connectivity index (χ1v) is 7.05. The number of benzene rings is 1. The van der Waals surface area contributed by atoms with E-state index in [0.717, 1.165) is 5.56 Å². The van der Waals surface area contributed by atoms with Crippen molar-refractivity contribution in [3.8, 4) is 5.75 Å². The molecule has 0 aliphatic heterocycles. The van der Waals surface area contributed by atoms with Gasteiger partial charge in [0, 0.05) is 11.2 Å². The molecule has 2 N–H and O–H groups in total. The zero-order chi connectivity index (χ0) is 16.6. The number of hydrogen-bond donors (Lipinski definition) is 2. The molecule has 3 aromatic rings. The monoisotopic (exact) mass is 330 g/mol. The number of aromatic nitrogens is 2. The van der Waals surface area contributed by atoms with Gasteiger partial charge in [-0.25, -0.2) is 9.78 Å². The molecule has 0 fully saturated rings. The number of pyridine rings is 2. The highest BCUT2D eigenvalue weighted by atomic mass is 35.5. The van der Waals surface area contributed by atoms with Crippen LogP contribution in [0.25, 0.3) is 11.0 Å². The first kappa shape index (κ1) is 15.1. The van der Waals surface area contributed by atoms with Crippen LogP contribution in [0.4, 0.5) is 0 Å². The molecule has 0 saturated carbocycles. The standard InChI is InChI=1S/C16H11ClN2O4/c17-10-5-3-9(4-6-10)8-19-14-11(2-1-7-18-14)13(20)12(15(19)21)16(22)23/h1-7,20H,8H2,(H,22,23). The third kappa shape index (κ3) is 2.64. The van der Waals surface area contributed by atoms with Crippen LogP contribution in [-0.2, 0) is 6.54 Å². The highest BCUT2D eigenvalue weighted by Crippen LogP contribution is 2.25. The first-order chi connectivity index (χ1) is 11.0. The van der Waals surface area contributed by atoms with Crippen molar-refractivity contribution in [1.82, 2.24) is 9.55 Å². The Hall–Kier alpha value is -2.86. The lowest BCUT2D eigenvalue weighted by Crippen LogP contribution is -2.28. The van der Waals surface area contributed by atoms with E-state index in [2.05, 4.69) is 4.98 Å². The predicted octanol–water partition coefficient (Wildman–Crippen LogP) is 2.50. The second kappa shape index (κ2) is 5.73. The lowest BCUT2D eigenvalue weighted by molar-refractivity contribution is 0.0691. The van der Waals surface area contributed by atoms with Crippen LogP contribution in [0, 0.1) is 0 Å². The lowest BCUT2D eigenvalue weighted by atomic mass is 10.1. The molecule has 0 radical (unpaired) electrons. The van der Waals surface area contributed by atoms with E-state index >= 15 is 0 Å². The Morgan fingerprint density at radius 2 is 1.91 bits per heavy atom. The van der Waals surface area contributed by atoms with E-state index in [1.807, 2.05) is 0 Å². The maximum absolute atomic E-state index is 12.5. The molecule has 2 heterocycles. The second-order valence-corrected chi connectivity index (χ2v) is 5.36. The Labute approximate surface area is 135 Å². The Balaban J connectivity index is 2.28. The SMILES string of the molecule is O=C(O)c1c(O)c2cccnc2n(Cc2ccc(Cl)cc2)c1=O. The zero-order valence-corrected chi connectivity index (χ0v) is 12.5. The molecule has 6 nitrogen and oxygen atoms in total. The maximum Gasteiger partial charge on any atom is 0.345 e. The van der Waals surface area contributed by atoms with Crippen molar-refractivity contribution in [3.63, 3.8) is 0 Å². The summed E-state index contributed by atoms with van der Waals surface area (Å²) in [6.07, 6.45) is 1.47. The van der Waals surface area contributed by atoms with Crippen LogP contribution in [0.15, 0.2) is 47.4 Å². The normalized spacial score (nSPS) is 10.8. The van der Waals surface area contributed by atoms with E-state index < -0.39 is 22.8 Å². The van der Waals surface area contributed by atoms with Crippen LogP contribution in [0.5, 0.6) is 5.75 Å². The number of hydrogen-bond acceptors (Lipinski definition) is 4. The number of nitrogens with zero attached hydrogens (tertiary/aromatic N) is 2. The summed E-state index contributed by atoms with van der Waals surface area (Å²) in [6, 6.07) is 9.90. The minimum atomic E-state index is -1.48. The van der Waals surface area contributed by atoms with E-state index in [4.69, 9.17) is 11.6 Å². The second-order valence-electron chi connectivity index (χ2n) is 4.92. The number of aromatic hydroxyl groups is 1. The summed E-state index contributed by atoms with van der Waals surface area (Å²) in [7, 11) is 0. The van der Waals surface area contributed by atoms with Gasteiger partial charge in [0.2, 0.25) is 0 Å². The fraction of sp³-hybridized carbons (Fsp3) is 0.0625. The molecule has 23 heavy (non-hydrogen) atoms. The Kier molecular flexibility index (Phi) is 3.75. The van der Waals surface area contributed by atoms with Gasteiger partial charge < -0.3 is 10.2 Å². The maximum atomic E-state index is 12.5. The zero-order valence-electron chi connectivity index (χ0n) is 11.7. The van der Waals surface area contributed by atoms with Crippen molar-refractivity contribution < 1.29 is 15.0 Å². The van der Waals surface area contributed by atoms with Gasteiger partial charge in [-0.05, 0) is 29.8 Å². The number of carboxylic acid groups (broad SMARTS) is 1. The summed E-state index contributed by atoms with van der Waals surface area (Å²) in [5.41, 5.74) is -0.504. The van der Waals surface area contributed by atoms with Gasteiger partial charge >= 0.3 is 5.97 Å². The summed E-state index contributed by atoms with van der Waals surface area (Å²) >= 11 is 5.84. The van der Waals surface area contributed by atoms with Crippen LogP contribution in [0.3, 0.4) is 0 Å². The Bertz CT molecular complexity index is 964. The summed E-state index contributed by atoms with van der Waals surface area (Å²) < 4.78 is 1.22. The summed E-state index contributed by atoms with van der Waals surface area (Å²) in [6.45, 7) is 0.115. The van der Waals surface area contributed by atoms with Gasteiger partial charge in [0.05, 0.1) is 11.9 Å². The van der Waals surface area contributed by atoms with Crippen molar-refractivity contribution in [3.05, 3.63) is 69.1 Å². The van der Waals surface area contributed by atoms with Gasteiger partial charge in [0.1, 0.15) is 11.4 Å². The molecule has 0 amide bonds. The Morgan fingerprint density at radius 1 is 1.22 bits per heavy atom. The predicted molar refractivity (Wildman–Crippen MR) is 85.2 cm³/mol.